The van der Waals surface area contributed by atoms with Gasteiger partial charge in [0.2, 0.25) is 5.82 Å². The van der Waals surface area contributed by atoms with Gasteiger partial charge in [-0.05, 0) is 28.1 Å². The van der Waals surface area contributed by atoms with Gasteiger partial charge >= 0.3 is 5.69 Å². The Kier molecular flexibility index (Phi) is 3.47. The van der Waals surface area contributed by atoms with Crippen LogP contribution in [-0.2, 0) is 0 Å². The van der Waals surface area contributed by atoms with Crippen molar-refractivity contribution >= 4 is 33.3 Å². The van der Waals surface area contributed by atoms with Gasteiger partial charge in [0.1, 0.15) is 11.6 Å². The average molecular weight is 313 g/mol. The van der Waals surface area contributed by atoms with Gasteiger partial charge in [-0.15, -0.1) is 0 Å². The summed E-state index contributed by atoms with van der Waals surface area (Å²) in [4.78, 5) is 17.9. The number of nitrogens with zero attached hydrogens (tertiary/aromatic N) is 3. The van der Waals surface area contributed by atoms with E-state index in [9.17, 15) is 14.5 Å². The van der Waals surface area contributed by atoms with Gasteiger partial charge in [-0.3, -0.25) is 10.1 Å². The lowest BCUT2D eigenvalue weighted by Crippen LogP contribution is -2.01. The van der Waals surface area contributed by atoms with Crippen LogP contribution in [0.5, 0.6) is 0 Å². The van der Waals surface area contributed by atoms with E-state index in [0.29, 0.717) is 4.47 Å². The molecule has 0 radical (unpaired) electrons. The third-order valence-electron chi connectivity index (χ3n) is 2.00. The highest BCUT2D eigenvalue weighted by Crippen LogP contribution is 2.27. The summed E-state index contributed by atoms with van der Waals surface area (Å²) in [6, 6.07) is 3.88. The lowest BCUT2D eigenvalue weighted by Gasteiger charge is -2.05. The highest BCUT2D eigenvalue weighted by molar-refractivity contribution is 9.10. The Balaban J connectivity index is 2.34. The van der Waals surface area contributed by atoms with E-state index in [1.807, 2.05) is 0 Å². The Bertz CT molecular complexity index is 591. The van der Waals surface area contributed by atoms with Gasteiger partial charge in [0, 0.05) is 16.7 Å². The summed E-state index contributed by atoms with van der Waals surface area (Å²) in [6.07, 6.45) is 2.42. The molecule has 2 heterocycles. The van der Waals surface area contributed by atoms with Crippen molar-refractivity contribution in [3.8, 4) is 0 Å². The highest BCUT2D eigenvalue weighted by Gasteiger charge is 2.16. The van der Waals surface area contributed by atoms with Crippen molar-refractivity contribution in [2.24, 2.45) is 0 Å². The molecule has 0 atom stereocenters. The molecule has 0 saturated carbocycles. The van der Waals surface area contributed by atoms with E-state index in [0.717, 1.165) is 6.20 Å². The third kappa shape index (κ3) is 2.77. The monoisotopic (exact) mass is 312 g/mol. The predicted octanol–water partition coefficient (Wildman–Crippen LogP) is 3.03. The Hall–Kier alpha value is -2.09. The molecule has 0 unspecified atom stereocenters. The molecule has 0 fully saturated rings. The van der Waals surface area contributed by atoms with Crippen molar-refractivity contribution in [2.45, 2.75) is 0 Å². The fourth-order valence-electron chi connectivity index (χ4n) is 1.24. The number of anilines is 2. The van der Waals surface area contributed by atoms with E-state index < -0.39 is 10.7 Å². The quantitative estimate of drug-likeness (QED) is 0.696. The largest absolute Gasteiger partial charge is 0.319 e. The SMILES string of the molecule is O=[N+]([O-])c1cc(Br)cnc1Nc1ccc(F)cn1. The first kappa shape index (κ1) is 12.4. The van der Waals surface area contributed by atoms with Gasteiger partial charge in [-0.25, -0.2) is 14.4 Å². The fraction of sp³-hybridized carbons (Fsp3) is 0. The maximum Gasteiger partial charge on any atom is 0.312 e. The van der Waals surface area contributed by atoms with Crippen molar-refractivity contribution in [3.05, 3.63) is 51.0 Å². The zero-order valence-electron chi connectivity index (χ0n) is 8.80. The summed E-state index contributed by atoms with van der Waals surface area (Å²) in [5.41, 5.74) is -0.199. The van der Waals surface area contributed by atoms with Crippen molar-refractivity contribution < 1.29 is 9.31 Å². The Morgan fingerprint density at radius 3 is 2.72 bits per heavy atom. The van der Waals surface area contributed by atoms with Crippen LogP contribution >= 0.6 is 15.9 Å². The third-order valence-corrected chi connectivity index (χ3v) is 2.44. The predicted molar refractivity (Wildman–Crippen MR) is 66.1 cm³/mol. The Labute approximate surface area is 109 Å². The number of nitrogens with one attached hydrogen (secondary N) is 1. The molecule has 18 heavy (non-hydrogen) atoms. The van der Waals surface area contributed by atoms with Crippen LogP contribution in [0.2, 0.25) is 0 Å². The molecule has 0 aromatic carbocycles. The van der Waals surface area contributed by atoms with Gasteiger partial charge in [-0.2, -0.15) is 0 Å². The molecule has 0 aliphatic carbocycles. The minimum atomic E-state index is -0.566. The minimum Gasteiger partial charge on any atom is -0.319 e. The summed E-state index contributed by atoms with van der Waals surface area (Å²) in [6.45, 7) is 0. The van der Waals surface area contributed by atoms with Gasteiger partial charge in [0.15, 0.2) is 0 Å². The molecule has 0 aliphatic rings. The second-order valence-electron chi connectivity index (χ2n) is 3.27. The number of nitro groups is 1. The first-order valence-corrected chi connectivity index (χ1v) is 5.54. The number of hydrogen-bond acceptors (Lipinski definition) is 5. The molecular weight excluding hydrogens is 307 g/mol. The summed E-state index contributed by atoms with van der Waals surface area (Å²) < 4.78 is 13.2. The van der Waals surface area contributed by atoms with Crippen LogP contribution in [-0.4, -0.2) is 14.9 Å². The maximum atomic E-state index is 12.7. The molecule has 1 N–H and O–H groups in total. The summed E-state index contributed by atoms with van der Waals surface area (Å²) in [7, 11) is 0. The van der Waals surface area contributed by atoms with Gasteiger partial charge < -0.3 is 5.32 Å². The second-order valence-corrected chi connectivity index (χ2v) is 4.18. The zero-order valence-corrected chi connectivity index (χ0v) is 10.4. The standard InChI is InChI=1S/C10H6BrFN4O2/c11-6-3-8(16(17)18)10(14-4-6)15-9-2-1-7(12)5-13-9/h1-5H,(H,13,14,15). The Morgan fingerprint density at radius 1 is 1.33 bits per heavy atom. The summed E-state index contributed by atoms with van der Waals surface area (Å²) >= 11 is 3.10. The lowest BCUT2D eigenvalue weighted by atomic mass is 10.4. The summed E-state index contributed by atoms with van der Waals surface area (Å²) in [5.74, 6) is -0.171. The number of pyridine rings is 2. The molecule has 2 aromatic rings. The first-order valence-electron chi connectivity index (χ1n) is 4.75. The molecule has 2 aromatic heterocycles. The summed E-state index contributed by atoms with van der Waals surface area (Å²) in [5, 5.41) is 13.5. The molecule has 0 saturated heterocycles. The van der Waals surface area contributed by atoms with Crippen LogP contribution < -0.4 is 5.32 Å². The van der Waals surface area contributed by atoms with Gasteiger partial charge in [-0.1, -0.05) is 0 Å². The normalized spacial score (nSPS) is 10.1. The van der Waals surface area contributed by atoms with Gasteiger partial charge in [0.05, 0.1) is 11.1 Å². The molecule has 0 spiro atoms. The number of rotatable bonds is 3. The van der Waals surface area contributed by atoms with Crippen LogP contribution in [0, 0.1) is 15.9 Å². The average Bonchev–Trinajstić information content (AvgIpc) is 2.34. The molecule has 0 aliphatic heterocycles. The first-order chi connectivity index (χ1) is 8.56. The van der Waals surface area contributed by atoms with Gasteiger partial charge in [0.25, 0.3) is 0 Å². The van der Waals surface area contributed by atoms with Crippen LogP contribution in [0.25, 0.3) is 0 Å². The molecule has 0 amide bonds. The Morgan fingerprint density at radius 2 is 2.11 bits per heavy atom. The highest BCUT2D eigenvalue weighted by atomic mass is 79.9. The zero-order chi connectivity index (χ0) is 13.1. The minimum absolute atomic E-state index is 0.0438. The molecular formula is C10H6BrFN4O2. The maximum absolute atomic E-state index is 12.7. The van der Waals surface area contributed by atoms with Crippen molar-refractivity contribution in [1.82, 2.24) is 9.97 Å². The van der Waals surface area contributed by atoms with E-state index in [2.05, 4.69) is 31.2 Å². The smallest absolute Gasteiger partial charge is 0.312 e. The van der Waals surface area contributed by atoms with E-state index >= 15 is 0 Å². The lowest BCUT2D eigenvalue weighted by molar-refractivity contribution is -0.384. The molecule has 6 nitrogen and oxygen atoms in total. The molecule has 2 rings (SSSR count). The molecule has 8 heteroatoms. The molecule has 92 valence electrons. The number of hydrogen-bond donors (Lipinski definition) is 1. The van der Waals surface area contributed by atoms with E-state index in [1.165, 1.54) is 24.4 Å². The topological polar surface area (TPSA) is 81.0 Å². The van der Waals surface area contributed by atoms with Crippen molar-refractivity contribution in [3.63, 3.8) is 0 Å². The van der Waals surface area contributed by atoms with Crippen LogP contribution in [0.3, 0.4) is 0 Å². The molecule has 0 bridgehead atoms. The van der Waals surface area contributed by atoms with E-state index in [-0.39, 0.29) is 17.3 Å². The van der Waals surface area contributed by atoms with Crippen molar-refractivity contribution in [1.29, 1.82) is 0 Å². The van der Waals surface area contributed by atoms with Crippen molar-refractivity contribution in [2.75, 3.05) is 5.32 Å². The van der Waals surface area contributed by atoms with E-state index in [4.69, 9.17) is 0 Å². The van der Waals surface area contributed by atoms with Crippen LogP contribution in [0.15, 0.2) is 35.1 Å². The van der Waals surface area contributed by atoms with E-state index in [1.54, 1.807) is 0 Å². The number of halogens is 2. The number of aromatic nitrogens is 2. The van der Waals surface area contributed by atoms with Crippen LogP contribution in [0.4, 0.5) is 21.7 Å². The fourth-order valence-corrected chi connectivity index (χ4v) is 1.55. The second kappa shape index (κ2) is 5.05. The van der Waals surface area contributed by atoms with Crippen LogP contribution in [0.1, 0.15) is 0 Å².